The minimum Gasteiger partial charge on any atom is -0.352 e. The second-order valence-corrected chi connectivity index (χ2v) is 7.32. The maximum atomic E-state index is 12.9. The molecule has 0 aromatic carbocycles. The van der Waals surface area contributed by atoms with Gasteiger partial charge in [0.2, 0.25) is 0 Å². The standard InChI is InChI=1S/C19H24N6O/c1-12(11-25-8-4-7-21-25)10-20-19(26)15-9-16(14-5-6-14)22-18-17(15)13(2)23-24(18)3/h4,7-9,12,14H,5-6,10-11H2,1-3H3,(H,20,26). The molecule has 7 heteroatoms. The van der Waals surface area contributed by atoms with E-state index < -0.39 is 0 Å². The van der Waals surface area contributed by atoms with Crippen LogP contribution in [0.3, 0.4) is 0 Å². The minimum absolute atomic E-state index is 0.0530. The van der Waals surface area contributed by atoms with Crippen LogP contribution in [0.1, 0.15) is 47.4 Å². The van der Waals surface area contributed by atoms with Crippen molar-refractivity contribution >= 4 is 16.9 Å². The molecule has 1 atom stereocenters. The Morgan fingerprint density at radius 1 is 1.42 bits per heavy atom. The van der Waals surface area contributed by atoms with Gasteiger partial charge in [0.25, 0.3) is 5.91 Å². The molecule has 0 saturated heterocycles. The molecule has 1 aliphatic carbocycles. The van der Waals surface area contributed by atoms with Crippen molar-refractivity contribution in [2.45, 2.75) is 39.2 Å². The maximum absolute atomic E-state index is 12.9. The molecule has 7 nitrogen and oxygen atoms in total. The van der Waals surface area contributed by atoms with Crippen molar-refractivity contribution in [1.82, 2.24) is 29.9 Å². The van der Waals surface area contributed by atoms with E-state index in [9.17, 15) is 4.79 Å². The van der Waals surface area contributed by atoms with Gasteiger partial charge in [-0.05, 0) is 37.8 Å². The highest BCUT2D eigenvalue weighted by atomic mass is 16.1. The van der Waals surface area contributed by atoms with E-state index in [1.165, 1.54) is 0 Å². The van der Waals surface area contributed by atoms with Gasteiger partial charge in [0.05, 0.1) is 16.6 Å². The van der Waals surface area contributed by atoms with E-state index in [0.717, 1.165) is 41.8 Å². The quantitative estimate of drug-likeness (QED) is 0.739. The summed E-state index contributed by atoms with van der Waals surface area (Å²) in [7, 11) is 1.88. The molecule has 3 heterocycles. The van der Waals surface area contributed by atoms with Crippen LogP contribution in [0.4, 0.5) is 0 Å². The van der Waals surface area contributed by atoms with Crippen molar-refractivity contribution in [3.63, 3.8) is 0 Å². The molecule has 1 unspecified atom stereocenters. The molecule has 26 heavy (non-hydrogen) atoms. The van der Waals surface area contributed by atoms with Gasteiger partial charge in [-0.2, -0.15) is 10.2 Å². The Bertz CT molecular complexity index is 939. The second kappa shape index (κ2) is 6.55. The molecule has 0 radical (unpaired) electrons. The predicted molar refractivity (Wildman–Crippen MR) is 98.9 cm³/mol. The first-order valence-corrected chi connectivity index (χ1v) is 9.12. The van der Waals surface area contributed by atoms with Gasteiger partial charge in [0.1, 0.15) is 0 Å². The van der Waals surface area contributed by atoms with E-state index in [2.05, 4.69) is 22.4 Å². The number of nitrogens with one attached hydrogen (secondary N) is 1. The molecule has 0 bridgehead atoms. The summed E-state index contributed by atoms with van der Waals surface area (Å²) in [6, 6.07) is 3.87. The topological polar surface area (TPSA) is 77.6 Å². The summed E-state index contributed by atoms with van der Waals surface area (Å²) >= 11 is 0. The second-order valence-electron chi connectivity index (χ2n) is 7.32. The SMILES string of the molecule is Cc1nn(C)c2nc(C3CC3)cc(C(=O)NCC(C)Cn3cccn3)c12. The van der Waals surface area contributed by atoms with Crippen molar-refractivity contribution in [3.8, 4) is 0 Å². The summed E-state index contributed by atoms with van der Waals surface area (Å²) in [5, 5.41) is 12.6. The van der Waals surface area contributed by atoms with Crippen molar-refractivity contribution in [2.75, 3.05) is 6.54 Å². The largest absolute Gasteiger partial charge is 0.352 e. The number of aromatic nitrogens is 5. The van der Waals surface area contributed by atoms with Gasteiger partial charge in [0.15, 0.2) is 5.65 Å². The Labute approximate surface area is 152 Å². The number of aryl methyl sites for hydroxylation is 2. The minimum atomic E-state index is -0.0530. The van der Waals surface area contributed by atoms with Gasteiger partial charge in [-0.15, -0.1) is 0 Å². The van der Waals surface area contributed by atoms with Gasteiger partial charge in [0, 0.05) is 44.1 Å². The third-order valence-electron chi connectivity index (χ3n) is 4.90. The highest BCUT2D eigenvalue weighted by Crippen LogP contribution is 2.40. The molecule has 3 aromatic heterocycles. The summed E-state index contributed by atoms with van der Waals surface area (Å²) in [5.41, 5.74) is 3.33. The van der Waals surface area contributed by atoms with Gasteiger partial charge in [-0.1, -0.05) is 6.92 Å². The first-order chi connectivity index (χ1) is 12.5. The first-order valence-electron chi connectivity index (χ1n) is 9.12. The number of rotatable bonds is 6. The number of carbonyl (C=O) groups excluding carboxylic acids is 1. The van der Waals surface area contributed by atoms with Crippen LogP contribution in [0.5, 0.6) is 0 Å². The normalized spacial score (nSPS) is 15.3. The molecule has 1 amide bonds. The predicted octanol–water partition coefficient (Wildman–Crippen LogP) is 2.42. The fourth-order valence-corrected chi connectivity index (χ4v) is 3.39. The van der Waals surface area contributed by atoms with Crippen LogP contribution in [0.25, 0.3) is 11.0 Å². The average Bonchev–Trinajstić information content (AvgIpc) is 3.28. The molecule has 136 valence electrons. The molecule has 3 aromatic rings. The number of carbonyl (C=O) groups is 1. The molecule has 0 aliphatic heterocycles. The van der Waals surface area contributed by atoms with Crippen molar-refractivity contribution in [3.05, 3.63) is 41.5 Å². The van der Waals surface area contributed by atoms with E-state index in [4.69, 9.17) is 4.98 Å². The Morgan fingerprint density at radius 3 is 2.92 bits per heavy atom. The number of fused-ring (bicyclic) bond motifs is 1. The molecular formula is C19H24N6O. The Kier molecular flexibility index (Phi) is 4.22. The molecule has 0 spiro atoms. The van der Waals surface area contributed by atoms with E-state index in [-0.39, 0.29) is 11.8 Å². The fraction of sp³-hybridized carbons (Fsp3) is 0.474. The lowest BCUT2D eigenvalue weighted by Gasteiger charge is -2.14. The molecule has 4 rings (SSSR count). The van der Waals surface area contributed by atoms with E-state index >= 15 is 0 Å². The van der Waals surface area contributed by atoms with Gasteiger partial charge in [-0.3, -0.25) is 14.2 Å². The number of pyridine rings is 1. The molecule has 1 saturated carbocycles. The summed E-state index contributed by atoms with van der Waals surface area (Å²) < 4.78 is 3.66. The van der Waals surface area contributed by atoms with Crippen molar-refractivity contribution in [1.29, 1.82) is 0 Å². The third-order valence-corrected chi connectivity index (χ3v) is 4.90. The van der Waals surface area contributed by atoms with Crippen LogP contribution < -0.4 is 5.32 Å². The van der Waals surface area contributed by atoms with Gasteiger partial charge >= 0.3 is 0 Å². The highest BCUT2D eigenvalue weighted by Gasteiger charge is 2.28. The lowest BCUT2D eigenvalue weighted by atomic mass is 10.1. The third kappa shape index (κ3) is 3.21. The van der Waals surface area contributed by atoms with Crippen LogP contribution >= 0.6 is 0 Å². The average molecular weight is 352 g/mol. The van der Waals surface area contributed by atoms with E-state index in [1.54, 1.807) is 10.9 Å². The van der Waals surface area contributed by atoms with Crippen LogP contribution in [0.15, 0.2) is 24.5 Å². The number of nitrogens with zero attached hydrogens (tertiary/aromatic N) is 5. The van der Waals surface area contributed by atoms with E-state index in [1.807, 2.05) is 37.0 Å². The summed E-state index contributed by atoms with van der Waals surface area (Å²) in [5.74, 6) is 0.719. The molecule has 1 fully saturated rings. The maximum Gasteiger partial charge on any atom is 0.252 e. The molecular weight excluding hydrogens is 328 g/mol. The van der Waals surface area contributed by atoms with Gasteiger partial charge in [-0.25, -0.2) is 4.98 Å². The highest BCUT2D eigenvalue weighted by molar-refractivity contribution is 6.06. The summed E-state index contributed by atoms with van der Waals surface area (Å²) in [6.07, 6.45) is 6.00. The molecule has 1 aliphatic rings. The Hall–Kier alpha value is -2.70. The smallest absolute Gasteiger partial charge is 0.252 e. The first kappa shape index (κ1) is 16.8. The zero-order valence-electron chi connectivity index (χ0n) is 15.4. The lowest BCUT2D eigenvalue weighted by Crippen LogP contribution is -2.30. The van der Waals surface area contributed by atoms with E-state index in [0.29, 0.717) is 18.0 Å². The van der Waals surface area contributed by atoms with Crippen LogP contribution in [0.2, 0.25) is 0 Å². The fourth-order valence-electron chi connectivity index (χ4n) is 3.39. The zero-order chi connectivity index (χ0) is 18.3. The van der Waals surface area contributed by atoms with Crippen LogP contribution in [0, 0.1) is 12.8 Å². The number of hydrogen-bond acceptors (Lipinski definition) is 4. The van der Waals surface area contributed by atoms with Crippen LogP contribution in [-0.2, 0) is 13.6 Å². The Balaban J connectivity index is 1.55. The molecule has 1 N–H and O–H groups in total. The summed E-state index contributed by atoms with van der Waals surface area (Å²) in [4.78, 5) is 17.7. The van der Waals surface area contributed by atoms with Crippen molar-refractivity contribution < 1.29 is 4.79 Å². The van der Waals surface area contributed by atoms with Crippen molar-refractivity contribution in [2.24, 2.45) is 13.0 Å². The van der Waals surface area contributed by atoms with Gasteiger partial charge < -0.3 is 5.32 Å². The number of hydrogen-bond donors (Lipinski definition) is 1. The zero-order valence-corrected chi connectivity index (χ0v) is 15.4. The number of amides is 1. The summed E-state index contributed by atoms with van der Waals surface area (Å²) in [6.45, 7) is 5.41. The monoisotopic (exact) mass is 352 g/mol. The Morgan fingerprint density at radius 2 is 2.23 bits per heavy atom. The lowest BCUT2D eigenvalue weighted by molar-refractivity contribution is 0.0948. The van der Waals surface area contributed by atoms with Crippen LogP contribution in [-0.4, -0.2) is 37.0 Å².